The van der Waals surface area contributed by atoms with Crippen molar-refractivity contribution < 1.29 is 14.6 Å². The van der Waals surface area contributed by atoms with Crippen LogP contribution in [0, 0.1) is 13.8 Å². The summed E-state index contributed by atoms with van der Waals surface area (Å²) in [5.74, 6) is -0.401. The summed E-state index contributed by atoms with van der Waals surface area (Å²) < 4.78 is 5.29. The summed E-state index contributed by atoms with van der Waals surface area (Å²) in [6.45, 7) is 4.02. The third-order valence-electron chi connectivity index (χ3n) is 3.96. The quantitative estimate of drug-likeness (QED) is 0.880. The molecule has 0 saturated heterocycles. The first kappa shape index (κ1) is 13.8. The van der Waals surface area contributed by atoms with Crippen molar-refractivity contribution >= 4 is 5.97 Å². The number of carbonyl (C=O) groups excluding carboxylic acids is 1. The van der Waals surface area contributed by atoms with Gasteiger partial charge in [-0.15, -0.1) is 0 Å². The van der Waals surface area contributed by atoms with E-state index < -0.39 is 11.6 Å². The summed E-state index contributed by atoms with van der Waals surface area (Å²) >= 11 is 0. The average Bonchev–Trinajstić information content (AvgIpc) is 2.43. The smallest absolute Gasteiger partial charge is 0.338 e. The molecule has 0 unspecified atom stereocenters. The highest BCUT2D eigenvalue weighted by atomic mass is 16.5. The van der Waals surface area contributed by atoms with Crippen LogP contribution in [0.25, 0.3) is 0 Å². The topological polar surface area (TPSA) is 46.5 Å². The van der Waals surface area contributed by atoms with E-state index in [0.29, 0.717) is 12.0 Å². The number of aryl methyl sites for hydroxylation is 2. The molecule has 1 aliphatic rings. The number of rotatable bonds is 3. The van der Waals surface area contributed by atoms with Crippen molar-refractivity contribution in [3.05, 3.63) is 70.3 Å². The highest BCUT2D eigenvalue weighted by Crippen LogP contribution is 2.42. The Morgan fingerprint density at radius 1 is 1.24 bits per heavy atom. The second-order valence-corrected chi connectivity index (χ2v) is 5.77. The number of benzene rings is 2. The SMILES string of the molecule is Cc1cc(C)c2c(c1)C[C@@]2(O)COC(=O)c1ccccc1. The zero-order valence-electron chi connectivity index (χ0n) is 12.2. The Morgan fingerprint density at radius 3 is 2.62 bits per heavy atom. The van der Waals surface area contributed by atoms with Gasteiger partial charge in [0.2, 0.25) is 0 Å². The van der Waals surface area contributed by atoms with Gasteiger partial charge in [0, 0.05) is 6.42 Å². The highest BCUT2D eigenvalue weighted by molar-refractivity contribution is 5.89. The lowest BCUT2D eigenvalue weighted by Gasteiger charge is -2.40. The first-order valence-corrected chi connectivity index (χ1v) is 7.05. The van der Waals surface area contributed by atoms with Gasteiger partial charge in [0.1, 0.15) is 12.2 Å². The van der Waals surface area contributed by atoms with Crippen LogP contribution in [0.4, 0.5) is 0 Å². The predicted octanol–water partition coefficient (Wildman–Crippen LogP) is 2.90. The van der Waals surface area contributed by atoms with Gasteiger partial charge in [0.15, 0.2) is 0 Å². The fraction of sp³-hybridized carbons (Fsp3) is 0.278. The fourth-order valence-corrected chi connectivity index (χ4v) is 3.12. The molecule has 3 nitrogen and oxygen atoms in total. The van der Waals surface area contributed by atoms with Crippen LogP contribution < -0.4 is 0 Å². The first-order valence-electron chi connectivity index (χ1n) is 7.05. The molecule has 1 N–H and O–H groups in total. The largest absolute Gasteiger partial charge is 0.459 e. The minimum Gasteiger partial charge on any atom is -0.459 e. The molecule has 0 spiro atoms. The van der Waals surface area contributed by atoms with Crippen molar-refractivity contribution in [1.29, 1.82) is 0 Å². The molecule has 108 valence electrons. The van der Waals surface area contributed by atoms with Gasteiger partial charge in [-0.25, -0.2) is 4.79 Å². The van der Waals surface area contributed by atoms with Crippen molar-refractivity contribution in [3.63, 3.8) is 0 Å². The number of hydrogen-bond acceptors (Lipinski definition) is 3. The molecule has 1 atom stereocenters. The van der Waals surface area contributed by atoms with E-state index in [9.17, 15) is 9.90 Å². The molecule has 3 heteroatoms. The number of fused-ring (bicyclic) bond motifs is 1. The van der Waals surface area contributed by atoms with Gasteiger partial charge < -0.3 is 9.84 Å². The zero-order valence-corrected chi connectivity index (χ0v) is 12.2. The van der Waals surface area contributed by atoms with Gasteiger partial charge >= 0.3 is 5.97 Å². The maximum absolute atomic E-state index is 11.9. The molecule has 0 radical (unpaired) electrons. The van der Waals surface area contributed by atoms with Gasteiger partial charge in [0.05, 0.1) is 5.56 Å². The standard InChI is InChI=1S/C18H18O3/c1-12-8-13(2)16-15(9-12)10-18(16,20)11-21-17(19)14-6-4-3-5-7-14/h3-9,20H,10-11H2,1-2H3/t18-/m1/s1. The molecule has 3 rings (SSSR count). The molecule has 2 aromatic carbocycles. The summed E-state index contributed by atoms with van der Waals surface area (Å²) in [6.07, 6.45) is 0.535. The molecule has 0 bridgehead atoms. The Bertz CT molecular complexity index is 674. The summed E-state index contributed by atoms with van der Waals surface area (Å²) in [5.41, 5.74) is 3.75. The number of aliphatic hydroxyl groups is 1. The van der Waals surface area contributed by atoms with Crippen molar-refractivity contribution in [1.82, 2.24) is 0 Å². The van der Waals surface area contributed by atoms with Gasteiger partial charge in [-0.05, 0) is 42.7 Å². The Morgan fingerprint density at radius 2 is 1.95 bits per heavy atom. The second kappa shape index (κ2) is 5.01. The average molecular weight is 282 g/mol. The van der Waals surface area contributed by atoms with E-state index >= 15 is 0 Å². The predicted molar refractivity (Wildman–Crippen MR) is 80.2 cm³/mol. The van der Waals surface area contributed by atoms with Crippen molar-refractivity contribution in [2.75, 3.05) is 6.61 Å². The van der Waals surface area contributed by atoms with Crippen molar-refractivity contribution in [2.24, 2.45) is 0 Å². The van der Waals surface area contributed by atoms with E-state index in [0.717, 1.165) is 16.7 Å². The monoisotopic (exact) mass is 282 g/mol. The molecule has 21 heavy (non-hydrogen) atoms. The van der Waals surface area contributed by atoms with Crippen LogP contribution >= 0.6 is 0 Å². The van der Waals surface area contributed by atoms with Gasteiger partial charge in [-0.3, -0.25) is 0 Å². The molecule has 2 aromatic rings. The zero-order chi connectivity index (χ0) is 15.0. The lowest BCUT2D eigenvalue weighted by molar-refractivity contribution is -0.0519. The van der Waals surface area contributed by atoms with E-state index in [1.165, 1.54) is 5.56 Å². The lowest BCUT2D eigenvalue weighted by atomic mass is 9.71. The molecule has 0 aromatic heterocycles. The molecule has 0 saturated carbocycles. The molecule has 0 fully saturated rings. The highest BCUT2D eigenvalue weighted by Gasteiger charge is 2.43. The number of esters is 1. The van der Waals surface area contributed by atoms with Crippen LogP contribution in [-0.2, 0) is 16.8 Å². The first-order chi connectivity index (χ1) is 9.99. The molecule has 0 heterocycles. The maximum atomic E-state index is 11.9. The summed E-state index contributed by atoms with van der Waals surface area (Å²) in [5, 5.41) is 10.7. The minimum absolute atomic E-state index is 0.00235. The normalized spacial score (nSPS) is 19.6. The third-order valence-corrected chi connectivity index (χ3v) is 3.96. The fourth-order valence-electron chi connectivity index (χ4n) is 3.12. The molecule has 0 amide bonds. The van der Waals surface area contributed by atoms with E-state index in [-0.39, 0.29) is 6.61 Å². The Labute approximate surface area is 124 Å². The minimum atomic E-state index is -1.04. The van der Waals surface area contributed by atoms with E-state index in [1.54, 1.807) is 24.3 Å². The molecule has 1 aliphatic carbocycles. The van der Waals surface area contributed by atoms with Crippen LogP contribution in [0.2, 0.25) is 0 Å². The summed E-state index contributed by atoms with van der Waals surface area (Å²) in [7, 11) is 0. The van der Waals surface area contributed by atoms with Gasteiger partial charge in [0.25, 0.3) is 0 Å². The van der Waals surface area contributed by atoms with E-state index in [1.807, 2.05) is 26.0 Å². The number of hydrogen-bond donors (Lipinski definition) is 1. The maximum Gasteiger partial charge on any atom is 0.338 e. The number of carbonyl (C=O) groups is 1. The van der Waals surface area contributed by atoms with Crippen LogP contribution in [0.15, 0.2) is 42.5 Å². The molecule has 0 aliphatic heterocycles. The van der Waals surface area contributed by atoms with Crippen molar-refractivity contribution in [3.8, 4) is 0 Å². The van der Waals surface area contributed by atoms with Crippen molar-refractivity contribution in [2.45, 2.75) is 25.9 Å². The number of ether oxygens (including phenoxy) is 1. The Balaban J connectivity index is 1.73. The third kappa shape index (κ3) is 2.45. The van der Waals surface area contributed by atoms with Gasteiger partial charge in [-0.1, -0.05) is 35.9 Å². The Hall–Kier alpha value is -2.13. The van der Waals surface area contributed by atoms with E-state index in [2.05, 4.69) is 6.07 Å². The van der Waals surface area contributed by atoms with Crippen LogP contribution in [0.1, 0.15) is 32.6 Å². The molecular formula is C18H18O3. The van der Waals surface area contributed by atoms with E-state index in [4.69, 9.17) is 4.74 Å². The Kier molecular flexibility index (Phi) is 3.30. The van der Waals surface area contributed by atoms with Crippen LogP contribution in [-0.4, -0.2) is 17.7 Å². The lowest BCUT2D eigenvalue weighted by Crippen LogP contribution is -2.44. The summed E-state index contributed by atoms with van der Waals surface area (Å²) in [4.78, 5) is 11.9. The van der Waals surface area contributed by atoms with Crippen LogP contribution in [0.5, 0.6) is 0 Å². The molecular weight excluding hydrogens is 264 g/mol. The van der Waals surface area contributed by atoms with Gasteiger partial charge in [-0.2, -0.15) is 0 Å². The summed E-state index contributed by atoms with van der Waals surface area (Å²) in [6, 6.07) is 13.0. The second-order valence-electron chi connectivity index (χ2n) is 5.77. The van der Waals surface area contributed by atoms with Crippen LogP contribution in [0.3, 0.4) is 0 Å².